The van der Waals surface area contributed by atoms with Crippen LogP contribution < -0.4 is 15.2 Å². The van der Waals surface area contributed by atoms with Crippen molar-refractivity contribution < 1.29 is 23.4 Å². The number of amides is 1. The van der Waals surface area contributed by atoms with E-state index in [1.807, 2.05) is 0 Å². The van der Waals surface area contributed by atoms with Gasteiger partial charge >= 0.3 is 0 Å². The minimum atomic E-state index is -3.17. The van der Waals surface area contributed by atoms with E-state index in [4.69, 9.17) is 0 Å². The summed E-state index contributed by atoms with van der Waals surface area (Å²) in [7, 11) is -1.83. The average molecular weight is 426 g/mol. The summed E-state index contributed by atoms with van der Waals surface area (Å²) in [5.41, 5.74) is -0.691. The van der Waals surface area contributed by atoms with E-state index in [0.717, 1.165) is 4.57 Å². The normalized spacial score (nSPS) is 17.0. The molecule has 0 aliphatic carbocycles. The van der Waals surface area contributed by atoms with Gasteiger partial charge in [-0.1, -0.05) is 12.1 Å². The van der Waals surface area contributed by atoms with Gasteiger partial charge in [0.15, 0.2) is 5.69 Å². The first kappa shape index (κ1) is 21.1. The van der Waals surface area contributed by atoms with Crippen molar-refractivity contribution in [2.75, 3.05) is 23.1 Å². The van der Waals surface area contributed by atoms with Crippen LogP contribution in [0.15, 0.2) is 29.1 Å². The highest BCUT2D eigenvalue weighted by atomic mass is 32.3. The predicted molar refractivity (Wildman–Crippen MR) is 108 cm³/mol. The van der Waals surface area contributed by atoms with E-state index in [1.165, 1.54) is 23.5 Å². The molecule has 1 saturated heterocycles. The van der Waals surface area contributed by atoms with Crippen LogP contribution in [0.5, 0.6) is 5.75 Å². The van der Waals surface area contributed by atoms with Crippen molar-refractivity contribution in [2.24, 2.45) is 7.05 Å². The molecule has 1 aliphatic rings. The minimum absolute atomic E-state index is 0.0946. The lowest BCUT2D eigenvalue weighted by Crippen LogP contribution is -2.40. The highest BCUT2D eigenvalue weighted by Crippen LogP contribution is 2.48. The quantitative estimate of drug-likeness (QED) is 0.575. The number of hydrogen-bond donors (Lipinski definition) is 4. The van der Waals surface area contributed by atoms with Gasteiger partial charge in [0.2, 0.25) is 11.7 Å². The maximum absolute atomic E-state index is 13.2. The second-order valence-electron chi connectivity index (χ2n) is 6.75. The second-order valence-corrected chi connectivity index (χ2v) is 8.87. The zero-order valence-corrected chi connectivity index (χ0v) is 16.7. The molecule has 29 heavy (non-hydrogen) atoms. The molecule has 0 bridgehead atoms. The maximum atomic E-state index is 13.2. The molecule has 1 fully saturated rings. The molecular weight excluding hydrogens is 403 g/mol. The monoisotopic (exact) mass is 426 g/mol. The van der Waals surface area contributed by atoms with Crippen LogP contribution in [0.1, 0.15) is 28.9 Å². The number of carbonyl (C=O) groups is 1. The molecular formula is C18H23FN4O5S. The summed E-state index contributed by atoms with van der Waals surface area (Å²) in [6, 6.07) is 5.93. The molecule has 0 atom stereocenters. The molecule has 3 rings (SSSR count). The fourth-order valence-corrected chi connectivity index (χ4v) is 4.75. The Morgan fingerprint density at radius 2 is 2.10 bits per heavy atom. The topological polar surface area (TPSA) is 128 Å². The van der Waals surface area contributed by atoms with E-state index in [1.54, 1.807) is 12.1 Å². The van der Waals surface area contributed by atoms with E-state index in [9.17, 15) is 28.2 Å². The Labute approximate surface area is 168 Å². The first-order chi connectivity index (χ1) is 13.7. The van der Waals surface area contributed by atoms with Crippen LogP contribution in [0, 0.1) is 5.82 Å². The Kier molecular flexibility index (Phi) is 6.10. The molecule has 1 aromatic heterocycles. The number of rotatable bonds is 5. The lowest BCUT2D eigenvalue weighted by Gasteiger charge is -2.46. The number of carbonyl (C=O) groups excluding carboxylic acids is 1. The molecule has 4 N–H and O–H groups in total. The standard InChI is InChI=1S/C18H23FN4O5S/c1-22-17(26)15(24)14(21-18(22)23-9-2-3-10-29(23,27)28)16(25)20-8-7-12-5-4-6-13(19)11-12/h4-6,11,24,27-28H,2-3,7-10H2,1H3,(H,20,25). The number of nitrogens with zero attached hydrogens (tertiary/aromatic N) is 3. The van der Waals surface area contributed by atoms with Gasteiger partial charge in [0, 0.05) is 20.1 Å². The van der Waals surface area contributed by atoms with Gasteiger partial charge in [-0.25, -0.2) is 13.7 Å². The molecule has 0 saturated carbocycles. The van der Waals surface area contributed by atoms with Crippen LogP contribution in [-0.2, 0) is 13.5 Å². The molecule has 158 valence electrons. The lowest BCUT2D eigenvalue weighted by molar-refractivity contribution is 0.0945. The first-order valence-corrected chi connectivity index (χ1v) is 10.7. The van der Waals surface area contributed by atoms with Crippen molar-refractivity contribution in [1.82, 2.24) is 14.9 Å². The summed E-state index contributed by atoms with van der Waals surface area (Å²) in [5.74, 6) is -1.95. The Bertz CT molecular complexity index is 981. The number of halogens is 1. The third-order valence-corrected chi connectivity index (χ3v) is 6.54. The Balaban J connectivity index is 1.82. The smallest absolute Gasteiger partial charge is 0.297 e. The van der Waals surface area contributed by atoms with Crippen molar-refractivity contribution in [3.63, 3.8) is 0 Å². The Morgan fingerprint density at radius 1 is 1.34 bits per heavy atom. The third-order valence-electron chi connectivity index (χ3n) is 4.65. The molecule has 11 heteroatoms. The lowest BCUT2D eigenvalue weighted by atomic mass is 10.1. The van der Waals surface area contributed by atoms with Gasteiger partial charge in [-0.15, -0.1) is 10.8 Å². The van der Waals surface area contributed by atoms with E-state index < -0.39 is 33.7 Å². The summed E-state index contributed by atoms with van der Waals surface area (Å²) >= 11 is 0. The van der Waals surface area contributed by atoms with Crippen LogP contribution in [-0.4, -0.2) is 48.5 Å². The summed E-state index contributed by atoms with van der Waals surface area (Å²) in [6.07, 6.45) is 1.63. The van der Waals surface area contributed by atoms with E-state index in [0.29, 0.717) is 24.8 Å². The SMILES string of the molecule is Cn1c(N2CCCCS2(O)O)nc(C(=O)NCCc2cccc(F)c2)c(O)c1=O. The van der Waals surface area contributed by atoms with Crippen LogP contribution >= 0.6 is 10.8 Å². The van der Waals surface area contributed by atoms with Gasteiger partial charge in [-0.3, -0.25) is 23.3 Å². The maximum Gasteiger partial charge on any atom is 0.297 e. The molecule has 9 nitrogen and oxygen atoms in total. The van der Waals surface area contributed by atoms with Crippen molar-refractivity contribution >= 4 is 22.6 Å². The van der Waals surface area contributed by atoms with E-state index in [-0.39, 0.29) is 30.6 Å². The van der Waals surface area contributed by atoms with Crippen LogP contribution in [0.25, 0.3) is 0 Å². The molecule has 0 spiro atoms. The number of anilines is 1. The highest BCUT2D eigenvalue weighted by molar-refractivity contribution is 8.25. The zero-order chi connectivity index (χ0) is 21.2. The van der Waals surface area contributed by atoms with E-state index >= 15 is 0 Å². The van der Waals surface area contributed by atoms with Crippen molar-refractivity contribution in [2.45, 2.75) is 19.3 Å². The molecule has 0 radical (unpaired) electrons. The van der Waals surface area contributed by atoms with Crippen molar-refractivity contribution in [1.29, 1.82) is 0 Å². The number of aromatic nitrogens is 2. The molecule has 1 aromatic carbocycles. The van der Waals surface area contributed by atoms with Crippen molar-refractivity contribution in [3.8, 4) is 5.75 Å². The zero-order valence-electron chi connectivity index (χ0n) is 15.8. The van der Waals surface area contributed by atoms with Crippen LogP contribution in [0.4, 0.5) is 10.3 Å². The van der Waals surface area contributed by atoms with Gasteiger partial charge < -0.3 is 10.4 Å². The van der Waals surface area contributed by atoms with Gasteiger partial charge in [0.25, 0.3) is 11.5 Å². The van der Waals surface area contributed by atoms with Gasteiger partial charge in [0.05, 0.1) is 5.75 Å². The fourth-order valence-electron chi connectivity index (χ4n) is 3.10. The second kappa shape index (κ2) is 8.39. The number of benzene rings is 1. The molecule has 2 aromatic rings. The number of hydrogen-bond acceptors (Lipinski definition) is 7. The number of nitrogens with one attached hydrogen (secondary N) is 1. The third kappa shape index (κ3) is 4.52. The first-order valence-electron chi connectivity index (χ1n) is 9.07. The van der Waals surface area contributed by atoms with Gasteiger partial charge in [-0.05, 0) is 37.0 Å². The highest BCUT2D eigenvalue weighted by Gasteiger charge is 2.31. The average Bonchev–Trinajstić information content (AvgIpc) is 2.67. The summed E-state index contributed by atoms with van der Waals surface area (Å²) in [4.78, 5) is 28.9. The fraction of sp³-hybridized carbons (Fsp3) is 0.389. The van der Waals surface area contributed by atoms with Crippen LogP contribution in [0.3, 0.4) is 0 Å². The molecule has 1 amide bonds. The van der Waals surface area contributed by atoms with E-state index in [2.05, 4.69) is 10.3 Å². The molecule has 0 unspecified atom stereocenters. The van der Waals surface area contributed by atoms with Crippen LogP contribution in [0.2, 0.25) is 0 Å². The molecule has 1 aliphatic heterocycles. The summed E-state index contributed by atoms with van der Waals surface area (Å²) in [6.45, 7) is 0.390. The Hall–Kier alpha value is -2.63. The predicted octanol–water partition coefficient (Wildman–Crippen LogP) is 1.86. The largest absolute Gasteiger partial charge is 0.501 e. The van der Waals surface area contributed by atoms with Gasteiger partial charge in [-0.2, -0.15) is 0 Å². The van der Waals surface area contributed by atoms with Gasteiger partial charge in [0.1, 0.15) is 5.82 Å². The minimum Gasteiger partial charge on any atom is -0.501 e. The van der Waals surface area contributed by atoms with Crippen molar-refractivity contribution in [3.05, 3.63) is 51.7 Å². The summed E-state index contributed by atoms with van der Waals surface area (Å²) in [5, 5.41) is 12.6. The molecule has 2 heterocycles. The Morgan fingerprint density at radius 3 is 2.79 bits per heavy atom. The number of aromatic hydroxyl groups is 1. The summed E-state index contributed by atoms with van der Waals surface area (Å²) < 4.78 is 36.0.